The molecule has 202 valence electrons. The maximum atomic E-state index is 13.3. The molecule has 0 aromatic heterocycles. The Hall–Kier alpha value is -1.11. The highest BCUT2D eigenvalue weighted by Gasteiger charge is 2.79. The van der Waals surface area contributed by atoms with Crippen LogP contribution < -0.4 is 0 Å². The maximum Gasteiger partial charge on any atom is 0.312 e. The number of hydrogen-bond donors (Lipinski definition) is 6. The molecule has 10 nitrogen and oxygen atoms in total. The van der Waals surface area contributed by atoms with Gasteiger partial charge in [0.05, 0.1) is 24.2 Å². The lowest BCUT2D eigenvalue weighted by Gasteiger charge is -2.66. The highest BCUT2D eigenvalue weighted by molar-refractivity contribution is 5.80. The summed E-state index contributed by atoms with van der Waals surface area (Å²) in [5.41, 5.74) is -1.56. The van der Waals surface area contributed by atoms with Gasteiger partial charge in [0.2, 0.25) is 0 Å². The van der Waals surface area contributed by atoms with Gasteiger partial charge in [0.15, 0.2) is 6.29 Å². The van der Waals surface area contributed by atoms with Gasteiger partial charge in [0, 0.05) is 23.2 Å². The number of carbonyl (C=O) groups is 1. The predicted octanol–water partition coefficient (Wildman–Crippen LogP) is -0.773. The van der Waals surface area contributed by atoms with Crippen molar-refractivity contribution in [2.45, 2.75) is 101 Å². The molecule has 10 heteroatoms. The van der Waals surface area contributed by atoms with Crippen LogP contribution in [0.3, 0.4) is 0 Å². The number of esters is 1. The van der Waals surface area contributed by atoms with E-state index < -0.39 is 83.9 Å². The second-order valence-corrected chi connectivity index (χ2v) is 12.7. The Morgan fingerprint density at radius 1 is 1.06 bits per heavy atom. The highest BCUT2D eigenvalue weighted by atomic mass is 16.7. The molecule has 6 N–H and O–H groups in total. The first-order valence-corrected chi connectivity index (χ1v) is 13.1. The van der Waals surface area contributed by atoms with Crippen molar-refractivity contribution < 1.29 is 49.6 Å². The molecule has 0 unspecified atom stereocenters. The van der Waals surface area contributed by atoms with E-state index >= 15 is 0 Å². The van der Waals surface area contributed by atoms with Gasteiger partial charge in [-0.3, -0.25) is 4.79 Å². The maximum absolute atomic E-state index is 13.3. The summed E-state index contributed by atoms with van der Waals surface area (Å²) >= 11 is 0. The van der Waals surface area contributed by atoms with E-state index in [1.165, 1.54) is 0 Å². The average Bonchev–Trinajstić information content (AvgIpc) is 3.17. The van der Waals surface area contributed by atoms with Gasteiger partial charge in [-0.05, 0) is 38.0 Å². The fourth-order valence-corrected chi connectivity index (χ4v) is 9.66. The van der Waals surface area contributed by atoms with E-state index in [1.54, 1.807) is 0 Å². The number of aliphatic hydroxyl groups is 6. The first kappa shape index (κ1) is 25.2. The summed E-state index contributed by atoms with van der Waals surface area (Å²) < 4.78 is 18.2. The monoisotopic (exact) mass is 510 g/mol. The zero-order chi connectivity index (χ0) is 25.9. The van der Waals surface area contributed by atoms with Crippen LogP contribution in [0.15, 0.2) is 12.2 Å². The molecule has 0 amide bonds. The van der Waals surface area contributed by atoms with Crippen LogP contribution >= 0.6 is 0 Å². The minimum absolute atomic E-state index is 0.302. The summed E-state index contributed by atoms with van der Waals surface area (Å²) in [6.07, 6.45) is -7.96. The van der Waals surface area contributed by atoms with Crippen molar-refractivity contribution in [3.63, 3.8) is 0 Å². The lowest BCUT2D eigenvalue weighted by atomic mass is 9.39. The Bertz CT molecular complexity index is 955. The van der Waals surface area contributed by atoms with E-state index in [4.69, 9.17) is 14.2 Å². The van der Waals surface area contributed by atoms with E-state index in [1.807, 2.05) is 6.92 Å². The quantitative estimate of drug-likeness (QED) is 0.161. The summed E-state index contributed by atoms with van der Waals surface area (Å²) in [7, 11) is 0. The second-order valence-electron chi connectivity index (χ2n) is 12.7. The average molecular weight is 511 g/mol. The SMILES string of the molecule is C=C1C[C@]23[C@H](O)[C@H]1C[C@@H](O)[C@H]2[C@]1(C)CCC[C@@]2(C)C(=O)O[C@@H]([C@@H]3O[C@@H]3O[C@H](CO)[C@@H](O)[C@H](O)[C@H]3O)[C@@H]12. The minimum atomic E-state index is -1.65. The molecule has 6 fully saturated rings. The van der Waals surface area contributed by atoms with Crippen LogP contribution in [0.2, 0.25) is 0 Å². The lowest BCUT2D eigenvalue weighted by Crippen LogP contribution is -2.73. The second kappa shape index (κ2) is 7.95. The Kier molecular flexibility index (Phi) is 5.56. The highest BCUT2D eigenvalue weighted by Crippen LogP contribution is 2.74. The molecule has 4 aliphatic carbocycles. The number of ether oxygens (including phenoxy) is 3. The Balaban J connectivity index is 1.49. The van der Waals surface area contributed by atoms with Crippen molar-refractivity contribution in [3.8, 4) is 0 Å². The molecule has 2 heterocycles. The molecule has 15 atom stereocenters. The summed E-state index contributed by atoms with van der Waals surface area (Å²) in [6.45, 7) is 7.60. The predicted molar refractivity (Wildman–Crippen MR) is 122 cm³/mol. The summed E-state index contributed by atoms with van der Waals surface area (Å²) in [5, 5.41) is 64.4. The molecular weight excluding hydrogens is 472 g/mol. The molecule has 2 saturated heterocycles. The van der Waals surface area contributed by atoms with Crippen LogP contribution in [-0.2, 0) is 19.0 Å². The molecule has 1 spiro atoms. The fourth-order valence-electron chi connectivity index (χ4n) is 9.66. The van der Waals surface area contributed by atoms with Crippen molar-refractivity contribution >= 4 is 5.97 Å². The number of aliphatic hydroxyl groups excluding tert-OH is 6. The third-order valence-corrected chi connectivity index (χ3v) is 11.0. The zero-order valence-electron chi connectivity index (χ0n) is 20.7. The summed E-state index contributed by atoms with van der Waals surface area (Å²) in [4.78, 5) is 13.3. The molecule has 0 radical (unpaired) electrons. The van der Waals surface area contributed by atoms with Crippen LogP contribution in [0.4, 0.5) is 0 Å². The van der Waals surface area contributed by atoms with Gasteiger partial charge >= 0.3 is 5.97 Å². The topological polar surface area (TPSA) is 166 Å². The normalized spacial score (nSPS) is 59.9. The fraction of sp³-hybridized carbons (Fsp3) is 0.885. The van der Waals surface area contributed by atoms with Crippen molar-refractivity contribution in [2.24, 2.45) is 34.0 Å². The van der Waals surface area contributed by atoms with Gasteiger partial charge in [0.1, 0.15) is 36.6 Å². The Labute approximate surface area is 209 Å². The largest absolute Gasteiger partial charge is 0.459 e. The first-order chi connectivity index (χ1) is 16.9. The number of hydrogen-bond acceptors (Lipinski definition) is 10. The van der Waals surface area contributed by atoms with Gasteiger partial charge in [-0.2, -0.15) is 0 Å². The molecule has 2 bridgehead atoms. The third kappa shape index (κ3) is 2.87. The van der Waals surface area contributed by atoms with E-state index in [0.717, 1.165) is 18.4 Å². The molecule has 6 rings (SSSR count). The van der Waals surface area contributed by atoms with Crippen LogP contribution in [0.1, 0.15) is 46.0 Å². The summed E-state index contributed by atoms with van der Waals surface area (Å²) in [6, 6.07) is 0. The van der Waals surface area contributed by atoms with Gasteiger partial charge in [0.25, 0.3) is 0 Å². The van der Waals surface area contributed by atoms with Gasteiger partial charge in [-0.15, -0.1) is 0 Å². The zero-order valence-corrected chi connectivity index (χ0v) is 20.7. The van der Waals surface area contributed by atoms with Crippen molar-refractivity contribution in [1.82, 2.24) is 0 Å². The Morgan fingerprint density at radius 2 is 1.78 bits per heavy atom. The number of carbonyl (C=O) groups excluding carboxylic acids is 1. The standard InChI is InChI=1S/C26H38O10/c1-10-8-26-18(12(28)7-11(10)20(26)32)24(2)5-4-6-25(3)19(24)17(35-23(25)33)21(26)36-22-16(31)15(30)14(29)13(9-27)34-22/h11-22,27-32H,1,4-9H2,2-3H3/t11-,12+,13+,14+,15-,16+,17+,18-,19-,20+,21-,22-,24-,25+,26+/m0/s1. The number of fused-ring (bicyclic) bond motifs is 2. The van der Waals surface area contributed by atoms with Gasteiger partial charge < -0.3 is 44.8 Å². The smallest absolute Gasteiger partial charge is 0.312 e. The molecule has 36 heavy (non-hydrogen) atoms. The molecule has 0 aromatic carbocycles. The molecule has 4 saturated carbocycles. The van der Waals surface area contributed by atoms with Gasteiger partial charge in [-0.1, -0.05) is 25.5 Å². The third-order valence-electron chi connectivity index (χ3n) is 11.0. The first-order valence-electron chi connectivity index (χ1n) is 13.1. The van der Waals surface area contributed by atoms with Crippen LogP contribution in [0.25, 0.3) is 0 Å². The molecular formula is C26H38O10. The van der Waals surface area contributed by atoms with Crippen LogP contribution in [0, 0.1) is 34.0 Å². The molecule has 6 aliphatic rings. The van der Waals surface area contributed by atoms with Crippen molar-refractivity contribution in [3.05, 3.63) is 12.2 Å². The Morgan fingerprint density at radius 3 is 2.47 bits per heavy atom. The summed E-state index contributed by atoms with van der Waals surface area (Å²) in [5.74, 6) is -1.41. The van der Waals surface area contributed by atoms with Gasteiger partial charge in [-0.25, -0.2) is 0 Å². The van der Waals surface area contributed by atoms with E-state index in [9.17, 15) is 35.4 Å². The number of rotatable bonds is 3. The molecule has 2 aliphatic heterocycles. The molecule has 0 aromatic rings. The van der Waals surface area contributed by atoms with Crippen molar-refractivity contribution in [1.29, 1.82) is 0 Å². The van der Waals surface area contributed by atoms with Crippen LogP contribution in [0.5, 0.6) is 0 Å². The minimum Gasteiger partial charge on any atom is -0.459 e. The van der Waals surface area contributed by atoms with E-state index in [0.29, 0.717) is 19.3 Å². The lowest BCUT2D eigenvalue weighted by molar-refractivity contribution is -0.357. The van der Waals surface area contributed by atoms with E-state index in [2.05, 4.69) is 13.5 Å². The van der Waals surface area contributed by atoms with Crippen LogP contribution in [-0.4, -0.2) is 98.3 Å². The van der Waals surface area contributed by atoms with E-state index in [-0.39, 0.29) is 17.8 Å². The van der Waals surface area contributed by atoms with Crippen molar-refractivity contribution in [2.75, 3.05) is 6.61 Å².